The Labute approximate surface area is 149 Å². The van der Waals surface area contributed by atoms with Gasteiger partial charge < -0.3 is 14.1 Å². The van der Waals surface area contributed by atoms with Gasteiger partial charge in [0.25, 0.3) is 0 Å². The summed E-state index contributed by atoms with van der Waals surface area (Å²) in [5.41, 5.74) is 1.39. The van der Waals surface area contributed by atoms with Crippen molar-refractivity contribution in [2.45, 2.75) is 6.92 Å². The third kappa shape index (κ3) is 3.73. The minimum absolute atomic E-state index is 0.0278. The van der Waals surface area contributed by atoms with E-state index in [9.17, 15) is 9.59 Å². The molecule has 0 amide bonds. The maximum atomic E-state index is 11.8. The molecule has 26 heavy (non-hydrogen) atoms. The topological polar surface area (TPSA) is 83.5 Å². The van der Waals surface area contributed by atoms with Gasteiger partial charge in [0.05, 0.1) is 6.54 Å². The molecule has 0 unspecified atom stereocenters. The van der Waals surface area contributed by atoms with E-state index >= 15 is 0 Å². The van der Waals surface area contributed by atoms with Crippen LogP contribution in [0.25, 0.3) is 11.0 Å². The van der Waals surface area contributed by atoms with Gasteiger partial charge >= 0.3 is 11.6 Å². The first-order chi connectivity index (χ1) is 12.6. The summed E-state index contributed by atoms with van der Waals surface area (Å²) in [5, 5.41) is 9.62. The molecule has 0 aliphatic rings. The van der Waals surface area contributed by atoms with Crippen molar-refractivity contribution in [1.82, 2.24) is 0 Å². The van der Waals surface area contributed by atoms with Crippen LogP contribution in [0.1, 0.15) is 12.5 Å². The van der Waals surface area contributed by atoms with Crippen molar-refractivity contribution < 1.29 is 13.9 Å². The van der Waals surface area contributed by atoms with Crippen molar-refractivity contribution in [3.63, 3.8) is 0 Å². The molecule has 0 radical (unpaired) electrons. The zero-order valence-electron chi connectivity index (χ0n) is 14.1. The first-order valence-corrected chi connectivity index (χ1v) is 8.02. The third-order valence-electron chi connectivity index (χ3n) is 3.84. The highest BCUT2D eigenvalue weighted by molar-refractivity contribution is 5.83. The van der Waals surface area contributed by atoms with E-state index in [2.05, 4.69) is 0 Å². The molecular weight excluding hydrogens is 332 g/mol. The van der Waals surface area contributed by atoms with Gasteiger partial charge in [0.15, 0.2) is 0 Å². The normalized spacial score (nSPS) is 10.3. The number of nitriles is 1. The fourth-order valence-electron chi connectivity index (χ4n) is 2.64. The van der Waals surface area contributed by atoms with E-state index in [1.807, 2.05) is 47.4 Å². The summed E-state index contributed by atoms with van der Waals surface area (Å²) in [6.07, 6.45) is 0. The lowest BCUT2D eigenvalue weighted by Gasteiger charge is -2.25. The number of carbonyl (C=O) groups excluding carboxylic acids is 1. The number of ether oxygens (including phenoxy) is 1. The molecule has 6 nitrogen and oxygen atoms in total. The highest BCUT2D eigenvalue weighted by Gasteiger charge is 2.12. The van der Waals surface area contributed by atoms with E-state index in [0.29, 0.717) is 17.5 Å². The van der Waals surface area contributed by atoms with Crippen LogP contribution in [0.2, 0.25) is 0 Å². The van der Waals surface area contributed by atoms with E-state index in [1.165, 1.54) is 13.0 Å². The highest BCUT2D eigenvalue weighted by atomic mass is 16.5. The lowest BCUT2D eigenvalue weighted by Crippen LogP contribution is -2.23. The second kappa shape index (κ2) is 7.53. The van der Waals surface area contributed by atoms with Gasteiger partial charge in [-0.3, -0.25) is 4.79 Å². The van der Waals surface area contributed by atoms with Crippen molar-refractivity contribution >= 4 is 28.3 Å². The third-order valence-corrected chi connectivity index (χ3v) is 3.84. The maximum absolute atomic E-state index is 11.8. The Morgan fingerprint density at radius 3 is 2.62 bits per heavy atom. The smallest absolute Gasteiger partial charge is 0.354 e. The number of esters is 1. The van der Waals surface area contributed by atoms with Crippen LogP contribution in [0, 0.1) is 11.3 Å². The summed E-state index contributed by atoms with van der Waals surface area (Å²) < 4.78 is 10.3. The number of rotatable bonds is 5. The molecule has 0 saturated carbocycles. The standard InChI is InChI=1S/C20H16N2O4/c1-14(23)25-10-9-22(17-5-3-2-4-6-17)18-8-7-15-11-16(13-21)20(24)26-19(15)12-18/h2-8,11-12H,9-10H2,1H3. The van der Waals surface area contributed by atoms with E-state index < -0.39 is 5.63 Å². The average molecular weight is 348 g/mol. The van der Waals surface area contributed by atoms with E-state index in [4.69, 9.17) is 14.4 Å². The number of carbonyl (C=O) groups is 1. The molecule has 2 aromatic carbocycles. The largest absolute Gasteiger partial charge is 0.464 e. The molecule has 0 fully saturated rings. The van der Waals surface area contributed by atoms with E-state index in [0.717, 1.165) is 11.4 Å². The molecule has 6 heteroatoms. The second-order valence-corrected chi connectivity index (χ2v) is 5.61. The molecule has 0 atom stereocenters. The van der Waals surface area contributed by atoms with Gasteiger partial charge in [-0.15, -0.1) is 0 Å². The molecule has 0 aliphatic carbocycles. The van der Waals surface area contributed by atoms with Crippen molar-refractivity contribution in [3.05, 3.63) is 70.6 Å². The number of anilines is 2. The van der Waals surface area contributed by atoms with Gasteiger partial charge in [0.2, 0.25) is 0 Å². The van der Waals surface area contributed by atoms with Crippen molar-refractivity contribution in [2.75, 3.05) is 18.1 Å². The summed E-state index contributed by atoms with van der Waals surface area (Å²) in [4.78, 5) is 24.8. The van der Waals surface area contributed by atoms with Gasteiger partial charge in [-0.1, -0.05) is 18.2 Å². The van der Waals surface area contributed by atoms with E-state index in [-0.39, 0.29) is 18.1 Å². The molecule has 0 bridgehead atoms. The van der Waals surface area contributed by atoms with Crippen LogP contribution in [0.3, 0.4) is 0 Å². The Morgan fingerprint density at radius 1 is 1.15 bits per heavy atom. The summed E-state index contributed by atoms with van der Waals surface area (Å²) in [6, 6.07) is 18.3. The van der Waals surface area contributed by atoms with Gasteiger partial charge in [0.1, 0.15) is 23.8 Å². The summed E-state index contributed by atoms with van der Waals surface area (Å²) in [6.45, 7) is 2.03. The Morgan fingerprint density at radius 2 is 1.92 bits per heavy atom. The van der Waals surface area contributed by atoms with Gasteiger partial charge in [-0.25, -0.2) is 4.79 Å². The number of fused-ring (bicyclic) bond motifs is 1. The molecule has 1 heterocycles. The van der Waals surface area contributed by atoms with Crippen molar-refractivity contribution in [1.29, 1.82) is 5.26 Å². The number of benzene rings is 2. The lowest BCUT2D eigenvalue weighted by atomic mass is 10.1. The first-order valence-electron chi connectivity index (χ1n) is 8.02. The van der Waals surface area contributed by atoms with Crippen LogP contribution >= 0.6 is 0 Å². The van der Waals surface area contributed by atoms with Crippen molar-refractivity contribution in [2.24, 2.45) is 0 Å². The molecule has 130 valence electrons. The predicted molar refractivity (Wildman–Crippen MR) is 97.3 cm³/mol. The average Bonchev–Trinajstić information content (AvgIpc) is 2.65. The summed E-state index contributed by atoms with van der Waals surface area (Å²) >= 11 is 0. The first kappa shape index (κ1) is 17.2. The Kier molecular flexibility index (Phi) is 4.99. The molecule has 0 saturated heterocycles. The zero-order valence-corrected chi connectivity index (χ0v) is 14.1. The van der Waals surface area contributed by atoms with Gasteiger partial charge in [-0.2, -0.15) is 5.26 Å². The van der Waals surface area contributed by atoms with Gasteiger partial charge in [-0.05, 0) is 30.3 Å². The molecule has 3 rings (SSSR count). The fraction of sp³-hybridized carbons (Fsp3) is 0.150. The molecular formula is C20H16N2O4. The Bertz CT molecular complexity index is 1040. The van der Waals surface area contributed by atoms with Crippen LogP contribution in [0.5, 0.6) is 0 Å². The molecule has 0 N–H and O–H groups in total. The minimum atomic E-state index is -0.664. The summed E-state index contributed by atoms with van der Waals surface area (Å²) in [7, 11) is 0. The number of hydrogen-bond acceptors (Lipinski definition) is 6. The van der Waals surface area contributed by atoms with Crippen LogP contribution in [0.15, 0.2) is 63.8 Å². The van der Waals surface area contributed by atoms with Crippen LogP contribution < -0.4 is 10.5 Å². The minimum Gasteiger partial charge on any atom is -0.464 e. The monoisotopic (exact) mass is 348 g/mol. The number of para-hydroxylation sites is 1. The Hall–Kier alpha value is -3.59. The number of nitrogens with zero attached hydrogens (tertiary/aromatic N) is 2. The van der Waals surface area contributed by atoms with Crippen LogP contribution in [0.4, 0.5) is 11.4 Å². The SMILES string of the molecule is CC(=O)OCCN(c1ccccc1)c1ccc2cc(C#N)c(=O)oc2c1. The quantitative estimate of drug-likeness (QED) is 0.519. The zero-order chi connectivity index (χ0) is 18.5. The highest BCUT2D eigenvalue weighted by Crippen LogP contribution is 2.28. The molecule has 0 aliphatic heterocycles. The Balaban J connectivity index is 2.01. The lowest BCUT2D eigenvalue weighted by molar-refractivity contribution is -0.140. The molecule has 1 aromatic heterocycles. The van der Waals surface area contributed by atoms with Crippen molar-refractivity contribution in [3.8, 4) is 6.07 Å². The summed E-state index contributed by atoms with van der Waals surface area (Å²) in [5.74, 6) is -0.341. The maximum Gasteiger partial charge on any atom is 0.354 e. The molecule has 0 spiro atoms. The predicted octanol–water partition coefficient (Wildman–Crippen LogP) is 3.37. The number of hydrogen-bond donors (Lipinski definition) is 0. The van der Waals surface area contributed by atoms with Crippen LogP contribution in [-0.4, -0.2) is 19.1 Å². The molecule has 3 aromatic rings. The van der Waals surface area contributed by atoms with E-state index in [1.54, 1.807) is 12.1 Å². The second-order valence-electron chi connectivity index (χ2n) is 5.61. The van der Waals surface area contributed by atoms with Gasteiger partial charge in [0, 0.05) is 29.8 Å². The fourth-order valence-corrected chi connectivity index (χ4v) is 2.64. The van der Waals surface area contributed by atoms with Crippen LogP contribution in [-0.2, 0) is 9.53 Å².